The van der Waals surface area contributed by atoms with E-state index in [-0.39, 0.29) is 17.2 Å². The van der Waals surface area contributed by atoms with Gasteiger partial charge in [0.15, 0.2) is 11.5 Å². The Labute approximate surface area is 179 Å². The first-order valence-corrected chi connectivity index (χ1v) is 11.2. The van der Waals surface area contributed by atoms with Gasteiger partial charge in [-0.05, 0) is 81.3 Å². The van der Waals surface area contributed by atoms with Crippen molar-refractivity contribution in [3.63, 3.8) is 0 Å². The van der Waals surface area contributed by atoms with Gasteiger partial charge in [0.1, 0.15) is 0 Å². The van der Waals surface area contributed by atoms with Crippen LogP contribution in [0.5, 0.6) is 11.5 Å². The van der Waals surface area contributed by atoms with Gasteiger partial charge in [-0.2, -0.15) is 0 Å². The van der Waals surface area contributed by atoms with Crippen LogP contribution in [-0.2, 0) is 9.59 Å². The van der Waals surface area contributed by atoms with Gasteiger partial charge >= 0.3 is 0 Å². The van der Waals surface area contributed by atoms with Crippen molar-refractivity contribution in [3.8, 4) is 11.5 Å². The minimum absolute atomic E-state index is 0.0608. The number of carbonyl (C=O) groups excluding carboxylic acids is 2. The minimum Gasteiger partial charge on any atom is -0.493 e. The Morgan fingerprint density at radius 3 is 2.13 bits per heavy atom. The molecule has 1 aromatic rings. The molecule has 0 radical (unpaired) electrons. The standard InChI is InChI=1S/C24H34N2O4/c1-15-7-20(29-2)21(30-3)11-19(15)26-22(27)5-4-6-25-23(28)24-12-16-8-17(13-24)10-18(9-16)14-24/h7,11,16-18H,4-6,8-10,12-14H2,1-3H3,(H,25,28)(H,26,27). The lowest BCUT2D eigenvalue weighted by Crippen LogP contribution is -2.53. The fraction of sp³-hybridized carbons (Fsp3) is 0.667. The molecule has 0 aliphatic heterocycles. The van der Waals surface area contributed by atoms with E-state index in [0.717, 1.165) is 48.3 Å². The number of anilines is 1. The molecule has 0 saturated heterocycles. The predicted molar refractivity (Wildman–Crippen MR) is 116 cm³/mol. The molecule has 4 aliphatic carbocycles. The average Bonchev–Trinajstić information content (AvgIpc) is 2.71. The number of nitrogens with one attached hydrogen (secondary N) is 2. The number of rotatable bonds is 8. The van der Waals surface area contributed by atoms with Gasteiger partial charge in [0.2, 0.25) is 11.8 Å². The summed E-state index contributed by atoms with van der Waals surface area (Å²) in [5.74, 6) is 3.68. The van der Waals surface area contributed by atoms with Gasteiger partial charge in [-0.25, -0.2) is 0 Å². The average molecular weight is 415 g/mol. The number of aryl methyl sites for hydroxylation is 1. The Kier molecular flexibility index (Phi) is 5.94. The van der Waals surface area contributed by atoms with Crippen molar-refractivity contribution in [1.29, 1.82) is 0 Å². The molecule has 0 heterocycles. The van der Waals surface area contributed by atoms with Crippen molar-refractivity contribution in [2.45, 2.75) is 58.3 Å². The zero-order valence-electron chi connectivity index (χ0n) is 18.4. The second-order valence-electron chi connectivity index (χ2n) is 9.63. The van der Waals surface area contributed by atoms with Crippen LogP contribution in [0.25, 0.3) is 0 Å². The van der Waals surface area contributed by atoms with Crippen molar-refractivity contribution in [3.05, 3.63) is 17.7 Å². The molecular weight excluding hydrogens is 380 g/mol. The highest BCUT2D eigenvalue weighted by molar-refractivity contribution is 5.92. The maximum absolute atomic E-state index is 13.0. The highest BCUT2D eigenvalue weighted by Crippen LogP contribution is 2.60. The predicted octanol–water partition coefficient (Wildman–Crippen LogP) is 4.06. The minimum atomic E-state index is -0.117. The van der Waals surface area contributed by atoms with E-state index in [1.54, 1.807) is 20.3 Å². The van der Waals surface area contributed by atoms with E-state index in [4.69, 9.17) is 9.47 Å². The number of ether oxygens (including phenoxy) is 2. The summed E-state index contributed by atoms with van der Waals surface area (Å²) in [4.78, 5) is 25.4. The molecule has 1 aromatic carbocycles. The third-order valence-corrected chi connectivity index (χ3v) is 7.39. The summed E-state index contributed by atoms with van der Waals surface area (Å²) in [7, 11) is 3.17. The van der Waals surface area contributed by atoms with Crippen molar-refractivity contribution in [2.24, 2.45) is 23.2 Å². The van der Waals surface area contributed by atoms with Crippen molar-refractivity contribution >= 4 is 17.5 Å². The Balaban J connectivity index is 1.24. The van der Waals surface area contributed by atoms with Crippen molar-refractivity contribution in [2.75, 3.05) is 26.1 Å². The van der Waals surface area contributed by atoms with E-state index in [0.29, 0.717) is 30.9 Å². The molecule has 0 atom stereocenters. The molecule has 2 amide bonds. The smallest absolute Gasteiger partial charge is 0.226 e. The number of amides is 2. The number of hydrogen-bond acceptors (Lipinski definition) is 4. The second-order valence-corrected chi connectivity index (χ2v) is 9.63. The lowest BCUT2D eigenvalue weighted by Gasteiger charge is -2.55. The molecule has 2 N–H and O–H groups in total. The number of methoxy groups -OCH3 is 2. The van der Waals surface area contributed by atoms with Gasteiger partial charge in [-0.1, -0.05) is 0 Å². The first-order chi connectivity index (χ1) is 14.4. The molecule has 4 fully saturated rings. The summed E-state index contributed by atoms with van der Waals surface area (Å²) in [6, 6.07) is 3.63. The van der Waals surface area contributed by atoms with Crippen molar-refractivity contribution < 1.29 is 19.1 Å². The normalized spacial score (nSPS) is 28.8. The van der Waals surface area contributed by atoms with Gasteiger partial charge in [0.25, 0.3) is 0 Å². The maximum atomic E-state index is 13.0. The molecule has 4 saturated carbocycles. The first kappa shape index (κ1) is 21.0. The molecule has 164 valence electrons. The van der Waals surface area contributed by atoms with Crippen molar-refractivity contribution in [1.82, 2.24) is 5.32 Å². The quantitative estimate of drug-likeness (QED) is 0.629. The fourth-order valence-electron chi connectivity index (χ4n) is 6.36. The van der Waals surface area contributed by atoms with Crippen LogP contribution in [0.3, 0.4) is 0 Å². The highest BCUT2D eigenvalue weighted by Gasteiger charge is 2.54. The summed E-state index contributed by atoms with van der Waals surface area (Å²) in [5, 5.41) is 6.09. The molecule has 4 aliphatic rings. The lowest BCUT2D eigenvalue weighted by molar-refractivity contribution is -0.146. The number of hydrogen-bond donors (Lipinski definition) is 2. The van der Waals surface area contributed by atoms with Crippen LogP contribution in [0.2, 0.25) is 0 Å². The van der Waals surface area contributed by atoms with Crippen LogP contribution in [0.4, 0.5) is 5.69 Å². The van der Waals surface area contributed by atoms with Crippen LogP contribution in [0.15, 0.2) is 12.1 Å². The molecule has 4 bridgehead atoms. The summed E-state index contributed by atoms with van der Waals surface area (Å²) in [6.45, 7) is 2.47. The van der Waals surface area contributed by atoms with Crippen LogP contribution in [0, 0.1) is 30.1 Å². The summed E-state index contributed by atoms with van der Waals surface area (Å²) in [6.07, 6.45) is 8.23. The van der Waals surface area contributed by atoms with Gasteiger partial charge in [-0.15, -0.1) is 0 Å². The maximum Gasteiger partial charge on any atom is 0.226 e. The van der Waals surface area contributed by atoms with E-state index in [9.17, 15) is 9.59 Å². The summed E-state index contributed by atoms with van der Waals surface area (Å²) < 4.78 is 10.6. The van der Waals surface area contributed by atoms with E-state index in [1.807, 2.05) is 13.0 Å². The highest BCUT2D eigenvalue weighted by atomic mass is 16.5. The van der Waals surface area contributed by atoms with E-state index in [1.165, 1.54) is 19.3 Å². The third kappa shape index (κ3) is 4.14. The Bertz CT molecular complexity index is 784. The molecule has 0 aromatic heterocycles. The Morgan fingerprint density at radius 1 is 1.00 bits per heavy atom. The van der Waals surface area contributed by atoms with Crippen LogP contribution in [-0.4, -0.2) is 32.6 Å². The van der Waals surface area contributed by atoms with Gasteiger partial charge < -0.3 is 20.1 Å². The van der Waals surface area contributed by atoms with Gasteiger partial charge in [0.05, 0.1) is 14.2 Å². The zero-order chi connectivity index (χ0) is 21.3. The molecule has 5 rings (SSSR count). The monoisotopic (exact) mass is 414 g/mol. The van der Waals surface area contributed by atoms with Crippen LogP contribution in [0.1, 0.15) is 56.9 Å². The molecule has 6 heteroatoms. The summed E-state index contributed by atoms with van der Waals surface area (Å²) in [5.41, 5.74) is 1.51. The summed E-state index contributed by atoms with van der Waals surface area (Å²) >= 11 is 0. The Hall–Kier alpha value is -2.24. The fourth-order valence-corrected chi connectivity index (χ4v) is 6.36. The molecule has 30 heavy (non-hydrogen) atoms. The lowest BCUT2D eigenvalue weighted by atomic mass is 9.49. The SMILES string of the molecule is COc1cc(C)c(NC(=O)CCCNC(=O)C23CC4CC(CC(C4)C2)C3)cc1OC. The van der Waals surface area contributed by atoms with Crippen LogP contribution >= 0.6 is 0 Å². The first-order valence-electron chi connectivity index (χ1n) is 11.2. The van der Waals surface area contributed by atoms with Gasteiger partial charge in [-0.3, -0.25) is 9.59 Å². The molecule has 0 unspecified atom stereocenters. The van der Waals surface area contributed by atoms with E-state index < -0.39 is 0 Å². The van der Waals surface area contributed by atoms with Gasteiger partial charge in [0, 0.05) is 30.1 Å². The van der Waals surface area contributed by atoms with E-state index in [2.05, 4.69) is 10.6 Å². The molecule has 0 spiro atoms. The number of benzene rings is 1. The van der Waals surface area contributed by atoms with Crippen LogP contribution < -0.4 is 20.1 Å². The zero-order valence-corrected chi connectivity index (χ0v) is 18.4. The largest absolute Gasteiger partial charge is 0.493 e. The van der Waals surface area contributed by atoms with E-state index >= 15 is 0 Å². The third-order valence-electron chi connectivity index (χ3n) is 7.39. The second kappa shape index (κ2) is 8.48. The number of carbonyl (C=O) groups is 2. The Morgan fingerprint density at radius 2 is 1.57 bits per heavy atom. The molecule has 6 nitrogen and oxygen atoms in total. The molecular formula is C24H34N2O4. The topological polar surface area (TPSA) is 76.7 Å².